The Morgan fingerprint density at radius 1 is 1.62 bits per heavy atom. The van der Waals surface area contributed by atoms with Crippen molar-refractivity contribution in [2.45, 2.75) is 0 Å². The van der Waals surface area contributed by atoms with E-state index in [4.69, 9.17) is 0 Å². The molecule has 0 unspecified atom stereocenters. The standard InChI is InChI=1S/C8H5BrN2OS/c9-4-1-5-6(8(12)13)3-11-7(5)10-2-4/h1-3H,(H,10,11)(H,12,13). The third kappa shape index (κ3) is 1.49. The van der Waals surface area contributed by atoms with Crippen LogP contribution in [0.25, 0.3) is 11.0 Å². The van der Waals surface area contributed by atoms with Crippen molar-refractivity contribution in [3.63, 3.8) is 0 Å². The second-order valence-corrected chi connectivity index (χ2v) is 3.88. The monoisotopic (exact) mass is 256 g/mol. The van der Waals surface area contributed by atoms with Gasteiger partial charge in [0, 0.05) is 22.3 Å². The lowest BCUT2D eigenvalue weighted by molar-refractivity contribution is 0.109. The third-order valence-electron chi connectivity index (χ3n) is 1.73. The normalized spacial score (nSPS) is 10.6. The smallest absolute Gasteiger partial charge is 0.218 e. The van der Waals surface area contributed by atoms with Crippen LogP contribution in [0, 0.1) is 0 Å². The SMILES string of the molecule is O=C(S)c1c[nH]c2ncc(Br)cc12. The minimum Gasteiger partial charge on any atom is -0.345 e. The number of rotatable bonds is 1. The summed E-state index contributed by atoms with van der Waals surface area (Å²) in [4.78, 5) is 18.0. The Kier molecular flexibility index (Phi) is 2.13. The Hall–Kier alpha value is -0.810. The van der Waals surface area contributed by atoms with Crippen LogP contribution in [0.5, 0.6) is 0 Å². The molecule has 2 aromatic heterocycles. The highest BCUT2D eigenvalue weighted by molar-refractivity contribution is 9.10. The molecule has 1 N–H and O–H groups in total. The summed E-state index contributed by atoms with van der Waals surface area (Å²) in [6.45, 7) is 0. The first-order valence-electron chi connectivity index (χ1n) is 3.54. The van der Waals surface area contributed by atoms with Crippen LogP contribution in [0.2, 0.25) is 0 Å². The highest BCUT2D eigenvalue weighted by atomic mass is 79.9. The van der Waals surface area contributed by atoms with Gasteiger partial charge in [0.25, 0.3) is 0 Å². The number of aromatic nitrogens is 2. The van der Waals surface area contributed by atoms with Crippen LogP contribution in [0.1, 0.15) is 10.4 Å². The second kappa shape index (κ2) is 3.16. The van der Waals surface area contributed by atoms with E-state index < -0.39 is 0 Å². The van der Waals surface area contributed by atoms with E-state index in [0.717, 1.165) is 9.86 Å². The highest BCUT2D eigenvalue weighted by Crippen LogP contribution is 2.21. The fourth-order valence-corrected chi connectivity index (χ4v) is 1.67. The van der Waals surface area contributed by atoms with Gasteiger partial charge in [0.1, 0.15) is 5.65 Å². The lowest BCUT2D eigenvalue weighted by Crippen LogP contribution is -1.85. The van der Waals surface area contributed by atoms with Gasteiger partial charge in [-0.3, -0.25) is 4.79 Å². The van der Waals surface area contributed by atoms with Crippen molar-refractivity contribution >= 4 is 44.7 Å². The van der Waals surface area contributed by atoms with Crippen LogP contribution >= 0.6 is 28.6 Å². The van der Waals surface area contributed by atoms with Crippen molar-refractivity contribution in [1.29, 1.82) is 0 Å². The molecule has 3 nitrogen and oxygen atoms in total. The van der Waals surface area contributed by atoms with Crippen molar-refractivity contribution in [3.8, 4) is 0 Å². The number of fused-ring (bicyclic) bond motifs is 1. The van der Waals surface area contributed by atoms with Crippen LogP contribution in [0.15, 0.2) is 22.9 Å². The molecule has 5 heteroatoms. The van der Waals surface area contributed by atoms with Gasteiger partial charge in [0.2, 0.25) is 5.12 Å². The number of hydrogen-bond donors (Lipinski definition) is 2. The molecule has 13 heavy (non-hydrogen) atoms. The van der Waals surface area contributed by atoms with E-state index >= 15 is 0 Å². The topological polar surface area (TPSA) is 45.8 Å². The van der Waals surface area contributed by atoms with E-state index in [1.54, 1.807) is 12.4 Å². The average molecular weight is 257 g/mol. The van der Waals surface area contributed by atoms with E-state index in [1.165, 1.54) is 0 Å². The molecule has 0 saturated carbocycles. The summed E-state index contributed by atoms with van der Waals surface area (Å²) in [6.07, 6.45) is 3.28. The molecule has 0 saturated heterocycles. The van der Waals surface area contributed by atoms with Gasteiger partial charge in [-0.15, -0.1) is 12.6 Å². The van der Waals surface area contributed by atoms with Crippen LogP contribution in [-0.2, 0) is 0 Å². The molecule has 0 aliphatic carbocycles. The molecule has 0 aliphatic heterocycles. The van der Waals surface area contributed by atoms with E-state index in [0.29, 0.717) is 11.2 Å². The molecule has 2 rings (SSSR count). The zero-order chi connectivity index (χ0) is 9.42. The molecular weight excluding hydrogens is 252 g/mol. The number of halogens is 1. The zero-order valence-corrected chi connectivity index (χ0v) is 8.89. The number of nitrogens with zero attached hydrogens (tertiary/aromatic N) is 1. The average Bonchev–Trinajstić information content (AvgIpc) is 2.46. The van der Waals surface area contributed by atoms with E-state index in [1.807, 2.05) is 6.07 Å². The number of aromatic amines is 1. The number of thiol groups is 1. The number of nitrogens with one attached hydrogen (secondary N) is 1. The molecule has 0 aliphatic rings. The summed E-state index contributed by atoms with van der Waals surface area (Å²) < 4.78 is 0.843. The molecule has 2 heterocycles. The van der Waals surface area contributed by atoms with Gasteiger partial charge in [-0.05, 0) is 22.0 Å². The highest BCUT2D eigenvalue weighted by Gasteiger charge is 2.08. The van der Waals surface area contributed by atoms with Crippen LogP contribution < -0.4 is 0 Å². The maximum Gasteiger partial charge on any atom is 0.218 e. The van der Waals surface area contributed by atoms with Crippen molar-refractivity contribution in [2.24, 2.45) is 0 Å². The summed E-state index contributed by atoms with van der Waals surface area (Å²) in [6, 6.07) is 1.84. The lowest BCUT2D eigenvalue weighted by atomic mass is 10.2. The van der Waals surface area contributed by atoms with Gasteiger partial charge < -0.3 is 4.98 Å². The van der Waals surface area contributed by atoms with Crippen LogP contribution in [-0.4, -0.2) is 15.1 Å². The minimum absolute atomic E-state index is 0.258. The second-order valence-electron chi connectivity index (χ2n) is 2.56. The summed E-state index contributed by atoms with van der Waals surface area (Å²) in [7, 11) is 0. The van der Waals surface area contributed by atoms with Crippen molar-refractivity contribution in [2.75, 3.05) is 0 Å². The molecule has 0 fully saturated rings. The molecule has 0 amide bonds. The zero-order valence-electron chi connectivity index (χ0n) is 6.41. The molecule has 66 valence electrons. The van der Waals surface area contributed by atoms with Crippen molar-refractivity contribution < 1.29 is 4.79 Å². The van der Waals surface area contributed by atoms with Gasteiger partial charge in [-0.25, -0.2) is 4.98 Å². The number of H-pyrrole nitrogens is 1. The van der Waals surface area contributed by atoms with Crippen molar-refractivity contribution in [1.82, 2.24) is 9.97 Å². The molecule has 0 bridgehead atoms. The summed E-state index contributed by atoms with van der Waals surface area (Å²) in [5.74, 6) is 0. The van der Waals surface area contributed by atoms with Crippen LogP contribution in [0.4, 0.5) is 0 Å². The quantitative estimate of drug-likeness (QED) is 0.770. The van der Waals surface area contributed by atoms with Crippen LogP contribution in [0.3, 0.4) is 0 Å². The molecule has 0 atom stereocenters. The summed E-state index contributed by atoms with van der Waals surface area (Å²) in [5.41, 5.74) is 1.24. The van der Waals surface area contributed by atoms with Gasteiger partial charge in [0.05, 0.1) is 5.56 Å². The number of hydrogen-bond acceptors (Lipinski definition) is 2. The van der Waals surface area contributed by atoms with E-state index in [-0.39, 0.29) is 5.12 Å². The Bertz CT molecular complexity index is 480. The number of carbonyl (C=O) groups excluding carboxylic acids is 1. The summed E-state index contributed by atoms with van der Waals surface area (Å²) >= 11 is 7.05. The molecule has 0 aromatic carbocycles. The largest absolute Gasteiger partial charge is 0.345 e. The maximum atomic E-state index is 11.0. The maximum absolute atomic E-state index is 11.0. The number of carbonyl (C=O) groups is 1. The molecule has 2 aromatic rings. The van der Waals surface area contributed by atoms with E-state index in [2.05, 4.69) is 38.5 Å². The number of pyridine rings is 1. The van der Waals surface area contributed by atoms with Gasteiger partial charge in [-0.1, -0.05) is 0 Å². The first-order valence-corrected chi connectivity index (χ1v) is 4.78. The van der Waals surface area contributed by atoms with Gasteiger partial charge in [0.15, 0.2) is 0 Å². The van der Waals surface area contributed by atoms with Gasteiger partial charge >= 0.3 is 0 Å². The predicted octanol–water partition coefficient (Wildman–Crippen LogP) is 2.40. The van der Waals surface area contributed by atoms with Gasteiger partial charge in [-0.2, -0.15) is 0 Å². The molecule has 0 spiro atoms. The Labute approximate surface area is 88.1 Å². The van der Waals surface area contributed by atoms with E-state index in [9.17, 15) is 4.79 Å². The Balaban J connectivity index is 2.79. The molecular formula is C8H5BrN2OS. The minimum atomic E-state index is -0.258. The predicted molar refractivity (Wildman–Crippen MR) is 57.1 cm³/mol. The Morgan fingerprint density at radius 3 is 3.08 bits per heavy atom. The lowest BCUT2D eigenvalue weighted by Gasteiger charge is -1.92. The summed E-state index contributed by atoms with van der Waals surface area (Å²) in [5, 5.41) is 0.528. The van der Waals surface area contributed by atoms with Crippen molar-refractivity contribution in [3.05, 3.63) is 28.5 Å². The first kappa shape index (κ1) is 8.77. The first-order chi connectivity index (χ1) is 6.18. The third-order valence-corrected chi connectivity index (χ3v) is 2.40. The Morgan fingerprint density at radius 2 is 2.38 bits per heavy atom. The fraction of sp³-hybridized carbons (Fsp3) is 0. The molecule has 0 radical (unpaired) electrons. The fourth-order valence-electron chi connectivity index (χ4n) is 1.15.